The summed E-state index contributed by atoms with van der Waals surface area (Å²) < 4.78 is -0.347. The standard InChI is InChI=1S/CH4NO2P/c1-5-2(3)4/h5H,1H3. The molecule has 0 saturated carbocycles. The van der Waals surface area contributed by atoms with Crippen molar-refractivity contribution >= 4 is 8.73 Å². The van der Waals surface area contributed by atoms with E-state index in [2.05, 4.69) is 0 Å². The Kier molecular flexibility index (Phi) is 2.02. The van der Waals surface area contributed by atoms with Crippen LogP contribution in [0.5, 0.6) is 0 Å². The minimum atomic E-state index is -0.347. The smallest absolute Gasteiger partial charge is 0.233 e. The highest BCUT2D eigenvalue weighted by Crippen LogP contribution is 1.97. The molecule has 0 aliphatic rings. The minimum Gasteiger partial charge on any atom is -0.264 e. The van der Waals surface area contributed by atoms with Crippen molar-refractivity contribution in [2.24, 2.45) is 0 Å². The van der Waals surface area contributed by atoms with Crippen LogP contribution < -0.4 is 0 Å². The predicted octanol–water partition coefficient (Wildman–Crippen LogP) is 0.486. The summed E-state index contributed by atoms with van der Waals surface area (Å²) in [6.45, 7) is 1.53. The molecule has 0 saturated heterocycles. The van der Waals surface area contributed by atoms with Gasteiger partial charge in [-0.05, 0) is 0 Å². The number of hydrogen-bond acceptors (Lipinski definition) is 2. The highest BCUT2D eigenvalue weighted by Gasteiger charge is 1.78. The van der Waals surface area contributed by atoms with Crippen molar-refractivity contribution in [3.8, 4) is 0 Å². The van der Waals surface area contributed by atoms with E-state index in [9.17, 15) is 10.1 Å². The molecule has 0 rings (SSSR count). The van der Waals surface area contributed by atoms with Crippen LogP contribution in [0, 0.1) is 10.1 Å². The van der Waals surface area contributed by atoms with Gasteiger partial charge in [0, 0.05) is 11.4 Å². The van der Waals surface area contributed by atoms with Gasteiger partial charge in [-0.25, -0.2) is 0 Å². The molecule has 4 heteroatoms. The molecule has 5 heavy (non-hydrogen) atoms. The maximum absolute atomic E-state index is 9.19. The van der Waals surface area contributed by atoms with Crippen LogP contribution in [0.25, 0.3) is 0 Å². The molecule has 30 valence electrons. The molecule has 0 aliphatic carbocycles. The second-order valence-electron chi connectivity index (χ2n) is 0.481. The summed E-state index contributed by atoms with van der Waals surface area (Å²) in [6, 6.07) is 0. The molecule has 0 bridgehead atoms. The Morgan fingerprint density at radius 1 is 2.00 bits per heavy atom. The zero-order valence-electron chi connectivity index (χ0n) is 2.76. The lowest BCUT2D eigenvalue weighted by atomic mass is 12.0. The summed E-state index contributed by atoms with van der Waals surface area (Å²) in [4.78, 5) is 9.19. The number of rotatable bonds is 1. The van der Waals surface area contributed by atoms with Crippen molar-refractivity contribution in [3.63, 3.8) is 0 Å². The summed E-state index contributed by atoms with van der Waals surface area (Å²) in [7, 11) is -0.164. The Hall–Kier alpha value is -0.170. The molecule has 1 unspecified atom stereocenters. The Labute approximate surface area is 31.4 Å². The molecule has 0 amide bonds. The van der Waals surface area contributed by atoms with Crippen molar-refractivity contribution in [3.05, 3.63) is 10.1 Å². The Morgan fingerprint density at radius 3 is 2.20 bits per heavy atom. The van der Waals surface area contributed by atoms with Gasteiger partial charge in [0.2, 0.25) is 8.73 Å². The predicted molar refractivity (Wildman–Crippen MR) is 21.2 cm³/mol. The summed E-state index contributed by atoms with van der Waals surface area (Å²) in [5.41, 5.74) is 0. The van der Waals surface area contributed by atoms with Crippen LogP contribution in [0.15, 0.2) is 0 Å². The fourth-order valence-electron chi connectivity index (χ4n) is 0. The monoisotopic (exact) mass is 93.0 g/mol. The zero-order chi connectivity index (χ0) is 4.28. The summed E-state index contributed by atoms with van der Waals surface area (Å²) in [6.07, 6.45) is 0. The molecule has 0 heterocycles. The largest absolute Gasteiger partial charge is 0.264 e. The van der Waals surface area contributed by atoms with Crippen molar-refractivity contribution < 1.29 is 4.69 Å². The van der Waals surface area contributed by atoms with Crippen LogP contribution in [0.3, 0.4) is 0 Å². The maximum Gasteiger partial charge on any atom is 0.233 e. The lowest BCUT2D eigenvalue weighted by Crippen LogP contribution is -1.72. The molecular weight excluding hydrogens is 89.0 g/mol. The van der Waals surface area contributed by atoms with Crippen molar-refractivity contribution in [2.75, 3.05) is 6.66 Å². The highest BCUT2D eigenvalue weighted by molar-refractivity contribution is 7.29. The van der Waals surface area contributed by atoms with E-state index in [1.165, 1.54) is 6.66 Å². The van der Waals surface area contributed by atoms with Crippen molar-refractivity contribution in [2.45, 2.75) is 0 Å². The van der Waals surface area contributed by atoms with Crippen molar-refractivity contribution in [1.29, 1.82) is 0 Å². The topological polar surface area (TPSA) is 43.1 Å². The van der Waals surface area contributed by atoms with Crippen LogP contribution in [-0.2, 0) is 0 Å². The Bertz CT molecular complexity index is 44.9. The van der Waals surface area contributed by atoms with Gasteiger partial charge in [0.25, 0.3) is 0 Å². The van der Waals surface area contributed by atoms with E-state index in [0.29, 0.717) is 0 Å². The van der Waals surface area contributed by atoms with E-state index in [4.69, 9.17) is 0 Å². The molecule has 0 aromatic heterocycles. The molecule has 0 fully saturated rings. The maximum atomic E-state index is 9.19. The quantitative estimate of drug-likeness (QED) is 0.269. The highest BCUT2D eigenvalue weighted by atomic mass is 31.1. The first-order valence-electron chi connectivity index (χ1n) is 1.09. The van der Waals surface area contributed by atoms with Crippen LogP contribution >= 0.6 is 8.73 Å². The number of hydrogen-bond donors (Lipinski definition) is 0. The van der Waals surface area contributed by atoms with Gasteiger partial charge in [0.05, 0.1) is 0 Å². The first kappa shape index (κ1) is 4.83. The van der Waals surface area contributed by atoms with E-state index in [1.807, 2.05) is 0 Å². The molecule has 3 nitrogen and oxygen atoms in total. The van der Waals surface area contributed by atoms with E-state index >= 15 is 0 Å². The average Bonchev–Trinajstić information content (AvgIpc) is 1.38. The van der Waals surface area contributed by atoms with Gasteiger partial charge in [0.15, 0.2) is 0 Å². The molecule has 1 atom stereocenters. The third-order valence-corrected chi connectivity index (χ3v) is 0.548. The van der Waals surface area contributed by atoms with Crippen LogP contribution in [-0.4, -0.2) is 11.4 Å². The molecular formula is CH4NO2P. The molecule has 0 spiro atoms. The number of nitrogens with zero attached hydrogens (tertiary/aromatic N) is 1. The zero-order valence-corrected chi connectivity index (χ0v) is 3.76. The third-order valence-electron chi connectivity index (χ3n) is 0.183. The van der Waals surface area contributed by atoms with Crippen LogP contribution in [0.2, 0.25) is 0 Å². The first-order chi connectivity index (χ1) is 2.27. The summed E-state index contributed by atoms with van der Waals surface area (Å²) >= 11 is 0. The number of nitro groups is 1. The lowest BCUT2D eigenvalue weighted by Gasteiger charge is -1.72. The lowest BCUT2D eigenvalue weighted by molar-refractivity contribution is -0.294. The molecule has 0 aromatic carbocycles. The Morgan fingerprint density at radius 2 is 2.20 bits per heavy atom. The van der Waals surface area contributed by atoms with Gasteiger partial charge >= 0.3 is 0 Å². The summed E-state index contributed by atoms with van der Waals surface area (Å²) in [5.74, 6) is 0. The fraction of sp³-hybridized carbons (Fsp3) is 1.00. The average molecular weight is 93.0 g/mol. The van der Waals surface area contributed by atoms with Gasteiger partial charge < -0.3 is 0 Å². The normalized spacial score (nSPS) is 9.80. The first-order valence-corrected chi connectivity index (χ1v) is 2.54. The van der Waals surface area contributed by atoms with E-state index in [-0.39, 0.29) is 13.4 Å². The fourth-order valence-corrected chi connectivity index (χ4v) is 0. The van der Waals surface area contributed by atoms with E-state index in [0.717, 1.165) is 0 Å². The van der Waals surface area contributed by atoms with Gasteiger partial charge in [-0.2, -0.15) is 0 Å². The Balaban J connectivity index is 2.85. The third kappa shape index (κ3) is 3.83. The van der Waals surface area contributed by atoms with Crippen LogP contribution in [0.4, 0.5) is 0 Å². The van der Waals surface area contributed by atoms with Crippen LogP contribution in [0.1, 0.15) is 0 Å². The van der Waals surface area contributed by atoms with Gasteiger partial charge in [0.1, 0.15) is 0 Å². The minimum absolute atomic E-state index is 0.164. The van der Waals surface area contributed by atoms with E-state index in [1.54, 1.807) is 0 Å². The molecule has 0 aromatic rings. The van der Waals surface area contributed by atoms with Gasteiger partial charge in [-0.15, -0.1) is 0 Å². The van der Waals surface area contributed by atoms with Gasteiger partial charge in [-0.1, -0.05) is 0 Å². The molecule has 0 N–H and O–H groups in total. The molecule has 0 aliphatic heterocycles. The second kappa shape index (κ2) is 2.09. The van der Waals surface area contributed by atoms with Crippen molar-refractivity contribution in [1.82, 2.24) is 0 Å². The SMILES string of the molecule is CP[N+](=O)[O-]. The summed E-state index contributed by atoms with van der Waals surface area (Å²) in [5, 5.41) is 9.19. The molecule has 0 radical (unpaired) electrons. The second-order valence-corrected chi connectivity index (χ2v) is 1.29. The van der Waals surface area contributed by atoms with E-state index < -0.39 is 0 Å². The van der Waals surface area contributed by atoms with Gasteiger partial charge in [-0.3, -0.25) is 10.1 Å².